The third kappa shape index (κ3) is 1.85. The molecular weight excluding hydrogens is 206 g/mol. The average Bonchev–Trinajstić information content (AvgIpc) is 2.18. The minimum Gasteiger partial charge on any atom is -0.310 e. The van der Waals surface area contributed by atoms with Gasteiger partial charge in [0.15, 0.2) is 0 Å². The van der Waals surface area contributed by atoms with Crippen LogP contribution in [0.15, 0.2) is 23.4 Å². The van der Waals surface area contributed by atoms with Gasteiger partial charge >= 0.3 is 5.66 Å². The van der Waals surface area contributed by atoms with Gasteiger partial charge in [-0.25, -0.2) is 0 Å². The smallest absolute Gasteiger partial charge is 0.310 e. The van der Waals surface area contributed by atoms with Crippen LogP contribution in [0.1, 0.15) is 13.3 Å². The van der Waals surface area contributed by atoms with Crippen LogP contribution in [-0.2, 0) is 0 Å². The van der Waals surface area contributed by atoms with Gasteiger partial charge in [-0.1, -0.05) is 6.08 Å². The van der Waals surface area contributed by atoms with E-state index in [2.05, 4.69) is 0 Å². The second-order valence-corrected chi connectivity index (χ2v) is 3.17. The van der Waals surface area contributed by atoms with Crippen LogP contribution < -0.4 is 5.48 Å². The summed E-state index contributed by atoms with van der Waals surface area (Å²) >= 11 is 0. The molecule has 1 rings (SSSR count). The Hall–Kier alpha value is -1.80. The van der Waals surface area contributed by atoms with E-state index in [1.807, 2.05) is 0 Å². The summed E-state index contributed by atoms with van der Waals surface area (Å²) in [5.41, 5.74) is -0.535. The lowest BCUT2D eigenvalue weighted by Crippen LogP contribution is -2.50. The molecule has 2 N–H and O–H groups in total. The molecule has 0 saturated carbocycles. The van der Waals surface area contributed by atoms with Crippen molar-refractivity contribution in [3.63, 3.8) is 0 Å². The largest absolute Gasteiger partial charge is 0.324 e. The molecule has 0 radical (unpaired) electrons. The van der Waals surface area contributed by atoms with Gasteiger partial charge in [0.25, 0.3) is 5.70 Å². The summed E-state index contributed by atoms with van der Waals surface area (Å²) in [5, 5.41) is 29.9. The van der Waals surface area contributed by atoms with Crippen molar-refractivity contribution in [3.05, 3.63) is 43.7 Å². The summed E-state index contributed by atoms with van der Waals surface area (Å²) in [7, 11) is 0. The number of allylic oxidation sites excluding steroid dienone is 1. The van der Waals surface area contributed by atoms with Crippen LogP contribution in [0.25, 0.3) is 0 Å². The average molecular weight is 215 g/mol. The van der Waals surface area contributed by atoms with Crippen LogP contribution in [0.2, 0.25) is 0 Å². The van der Waals surface area contributed by atoms with E-state index in [-0.39, 0.29) is 12.1 Å². The first-order valence-corrected chi connectivity index (χ1v) is 4.03. The maximum atomic E-state index is 10.7. The Morgan fingerprint density at radius 1 is 1.53 bits per heavy atom. The summed E-state index contributed by atoms with van der Waals surface area (Å²) in [5.74, 6) is 0. The molecule has 82 valence electrons. The quantitative estimate of drug-likeness (QED) is 0.400. The topological polar surface area (TPSA) is 119 Å². The summed E-state index contributed by atoms with van der Waals surface area (Å²) in [4.78, 5) is 19.7. The number of hydrogen-bond acceptors (Lipinski definition) is 6. The zero-order chi connectivity index (χ0) is 11.6. The molecule has 1 unspecified atom stereocenters. The van der Waals surface area contributed by atoms with Gasteiger partial charge in [0.2, 0.25) is 0 Å². The molecule has 0 heterocycles. The molecule has 0 spiro atoms. The highest BCUT2D eigenvalue weighted by Gasteiger charge is 2.45. The lowest BCUT2D eigenvalue weighted by Gasteiger charge is -2.21. The fourth-order valence-electron chi connectivity index (χ4n) is 1.25. The first-order chi connectivity index (χ1) is 6.93. The Balaban J connectivity index is 3.19. The summed E-state index contributed by atoms with van der Waals surface area (Å²) in [6.45, 7) is 1.48. The molecule has 8 heteroatoms. The van der Waals surface area contributed by atoms with E-state index >= 15 is 0 Å². The highest BCUT2D eigenvalue weighted by Crippen LogP contribution is 2.26. The molecular formula is C7H9N3O5. The van der Waals surface area contributed by atoms with Crippen LogP contribution in [0.5, 0.6) is 0 Å². The third-order valence-electron chi connectivity index (χ3n) is 2.22. The van der Waals surface area contributed by atoms with Crippen molar-refractivity contribution in [1.82, 2.24) is 5.48 Å². The lowest BCUT2D eigenvalue weighted by molar-refractivity contribution is -0.575. The molecule has 1 aliphatic carbocycles. The molecule has 0 bridgehead atoms. The molecule has 0 aromatic rings. The number of hydrogen-bond donors (Lipinski definition) is 2. The normalized spacial score (nSPS) is 25.5. The predicted octanol–water partition coefficient (Wildman–Crippen LogP) is 0.449. The van der Waals surface area contributed by atoms with Crippen molar-refractivity contribution in [2.45, 2.75) is 19.0 Å². The summed E-state index contributed by atoms with van der Waals surface area (Å²) in [6, 6.07) is 0. The number of rotatable bonds is 3. The van der Waals surface area contributed by atoms with E-state index in [1.54, 1.807) is 0 Å². The standard InChI is InChI=1S/C7H9N3O5/c1-5-2-3-7(8-11,10(14)15)4-6(5)9(12)13/h2,4,8,11H,3H2,1H3. The SMILES string of the molecule is CC1=CCC(NO)([N+](=O)[O-])C=C1[N+](=O)[O-]. The fourth-order valence-corrected chi connectivity index (χ4v) is 1.25. The van der Waals surface area contributed by atoms with E-state index < -0.39 is 15.5 Å². The number of nitro groups is 2. The van der Waals surface area contributed by atoms with E-state index in [1.165, 1.54) is 18.5 Å². The van der Waals surface area contributed by atoms with E-state index in [4.69, 9.17) is 5.21 Å². The Morgan fingerprint density at radius 3 is 2.53 bits per heavy atom. The third-order valence-corrected chi connectivity index (χ3v) is 2.22. The van der Waals surface area contributed by atoms with Crippen molar-refractivity contribution in [2.24, 2.45) is 0 Å². The van der Waals surface area contributed by atoms with Crippen LogP contribution in [0.4, 0.5) is 0 Å². The zero-order valence-electron chi connectivity index (χ0n) is 7.84. The van der Waals surface area contributed by atoms with Gasteiger partial charge in [-0.2, -0.15) is 0 Å². The van der Waals surface area contributed by atoms with Crippen LogP contribution in [-0.4, -0.2) is 20.7 Å². The highest BCUT2D eigenvalue weighted by molar-refractivity contribution is 5.30. The van der Waals surface area contributed by atoms with Crippen molar-refractivity contribution >= 4 is 0 Å². The van der Waals surface area contributed by atoms with Crippen LogP contribution in [0.3, 0.4) is 0 Å². The van der Waals surface area contributed by atoms with Crippen molar-refractivity contribution in [2.75, 3.05) is 0 Å². The Kier molecular flexibility index (Phi) is 2.82. The van der Waals surface area contributed by atoms with Crippen molar-refractivity contribution in [3.8, 4) is 0 Å². The van der Waals surface area contributed by atoms with Crippen molar-refractivity contribution in [1.29, 1.82) is 0 Å². The van der Waals surface area contributed by atoms with Crippen molar-refractivity contribution < 1.29 is 15.1 Å². The molecule has 0 saturated heterocycles. The van der Waals surface area contributed by atoms with Gasteiger partial charge in [-0.3, -0.25) is 20.2 Å². The predicted molar refractivity (Wildman–Crippen MR) is 48.1 cm³/mol. The number of nitrogens with one attached hydrogen (secondary N) is 1. The highest BCUT2D eigenvalue weighted by atomic mass is 16.6. The minimum atomic E-state index is -2.00. The van der Waals surface area contributed by atoms with E-state index in [0.29, 0.717) is 5.57 Å². The molecule has 8 nitrogen and oxygen atoms in total. The minimum absolute atomic E-state index is 0.139. The van der Waals surface area contributed by atoms with Gasteiger partial charge in [-0.05, 0) is 6.92 Å². The summed E-state index contributed by atoms with van der Waals surface area (Å²) < 4.78 is 0. The van der Waals surface area contributed by atoms with Gasteiger partial charge in [0.05, 0.1) is 17.4 Å². The van der Waals surface area contributed by atoms with Gasteiger partial charge in [0, 0.05) is 10.5 Å². The second kappa shape index (κ2) is 3.75. The van der Waals surface area contributed by atoms with Crippen LogP contribution in [0, 0.1) is 20.2 Å². The van der Waals surface area contributed by atoms with Gasteiger partial charge < -0.3 is 5.21 Å². The molecule has 0 aliphatic heterocycles. The maximum Gasteiger partial charge on any atom is 0.324 e. The zero-order valence-corrected chi connectivity index (χ0v) is 7.84. The Morgan fingerprint density at radius 2 is 2.13 bits per heavy atom. The maximum absolute atomic E-state index is 10.7. The number of hydroxylamine groups is 1. The molecule has 15 heavy (non-hydrogen) atoms. The van der Waals surface area contributed by atoms with E-state index in [0.717, 1.165) is 6.08 Å². The molecule has 1 aliphatic rings. The first-order valence-electron chi connectivity index (χ1n) is 4.03. The summed E-state index contributed by atoms with van der Waals surface area (Å²) in [6.07, 6.45) is 2.01. The molecule has 0 aromatic carbocycles. The van der Waals surface area contributed by atoms with Crippen LogP contribution >= 0.6 is 0 Å². The monoisotopic (exact) mass is 215 g/mol. The Bertz CT molecular complexity index is 375. The van der Waals surface area contributed by atoms with Gasteiger partial charge in [0.1, 0.15) is 0 Å². The van der Waals surface area contributed by atoms with Gasteiger partial charge in [-0.15, -0.1) is 5.48 Å². The first kappa shape index (κ1) is 11.3. The molecule has 0 amide bonds. The molecule has 0 fully saturated rings. The van der Waals surface area contributed by atoms with E-state index in [9.17, 15) is 20.2 Å². The lowest BCUT2D eigenvalue weighted by atomic mass is 9.96. The second-order valence-electron chi connectivity index (χ2n) is 3.17. The number of nitrogens with zero attached hydrogens (tertiary/aromatic N) is 2. The molecule has 0 aromatic heterocycles. The fraction of sp³-hybridized carbons (Fsp3) is 0.429. The molecule has 1 atom stereocenters. The Labute approximate surface area is 84.1 Å².